The van der Waals surface area contributed by atoms with Crippen molar-refractivity contribution in [3.8, 4) is 11.5 Å². The van der Waals surface area contributed by atoms with Crippen LogP contribution in [0.25, 0.3) is 0 Å². The first-order valence-corrected chi connectivity index (χ1v) is 10.6. The van der Waals surface area contributed by atoms with E-state index >= 15 is 0 Å². The minimum atomic E-state index is -0.153. The van der Waals surface area contributed by atoms with Gasteiger partial charge in [0.15, 0.2) is 0 Å². The molecule has 4 heteroatoms. The summed E-state index contributed by atoms with van der Waals surface area (Å²) in [4.78, 5) is 17.8. The fraction of sp³-hybridized carbons (Fsp3) is 0.231. The van der Waals surface area contributed by atoms with Crippen LogP contribution in [0.5, 0.6) is 11.5 Å². The standard InChI is InChI=1S/C26H26N2O2/c29-26(20-11-4-1-5-12-20)28-25(27-22-14-6-2-7-15-22)21-13-10-18-24(19-21)30-23-16-8-3-9-17-23/h1,3-5,8-13,16-19,22H,2,6-7,14-15H2,(H,27,28,29). The van der Waals surface area contributed by atoms with Crippen molar-refractivity contribution in [1.82, 2.24) is 5.32 Å². The van der Waals surface area contributed by atoms with Crippen LogP contribution in [0.4, 0.5) is 0 Å². The van der Waals surface area contributed by atoms with Gasteiger partial charge in [-0.3, -0.25) is 9.79 Å². The average Bonchev–Trinajstić information content (AvgIpc) is 2.81. The minimum absolute atomic E-state index is 0.153. The van der Waals surface area contributed by atoms with Crippen LogP contribution in [0.2, 0.25) is 0 Å². The summed E-state index contributed by atoms with van der Waals surface area (Å²) in [5.41, 5.74) is 1.46. The second-order valence-electron chi connectivity index (χ2n) is 7.53. The van der Waals surface area contributed by atoms with Gasteiger partial charge in [0.2, 0.25) is 0 Å². The normalized spacial score (nSPS) is 14.9. The van der Waals surface area contributed by atoms with Gasteiger partial charge in [0.1, 0.15) is 17.3 Å². The summed E-state index contributed by atoms with van der Waals surface area (Å²) in [5.74, 6) is 1.94. The van der Waals surface area contributed by atoms with E-state index in [-0.39, 0.29) is 11.9 Å². The average molecular weight is 399 g/mol. The number of amidine groups is 1. The van der Waals surface area contributed by atoms with Crippen molar-refractivity contribution in [2.75, 3.05) is 0 Å². The van der Waals surface area contributed by atoms with Gasteiger partial charge >= 0.3 is 0 Å². The first-order chi connectivity index (χ1) is 14.8. The van der Waals surface area contributed by atoms with Gasteiger partial charge in [-0.2, -0.15) is 0 Å². The highest BCUT2D eigenvalue weighted by molar-refractivity contribution is 6.12. The smallest absolute Gasteiger partial charge is 0.256 e. The third-order valence-corrected chi connectivity index (χ3v) is 5.24. The number of carbonyl (C=O) groups is 1. The molecule has 0 atom stereocenters. The van der Waals surface area contributed by atoms with Gasteiger partial charge in [-0.05, 0) is 49.2 Å². The molecule has 1 saturated carbocycles. The third-order valence-electron chi connectivity index (χ3n) is 5.24. The van der Waals surface area contributed by atoms with Gasteiger partial charge in [0, 0.05) is 11.1 Å². The SMILES string of the molecule is O=C(NC(=NC1CCCCC1)c1cccc(Oc2ccccc2)c1)c1ccccc1. The molecule has 3 aromatic rings. The predicted octanol–water partition coefficient (Wildman–Crippen LogP) is 5.99. The van der Waals surface area contributed by atoms with Crippen molar-refractivity contribution in [3.63, 3.8) is 0 Å². The molecule has 1 amide bonds. The predicted molar refractivity (Wildman–Crippen MR) is 120 cm³/mol. The number of amides is 1. The number of ether oxygens (including phenoxy) is 1. The Labute approximate surface area is 177 Å². The van der Waals surface area contributed by atoms with Crippen LogP contribution in [0.3, 0.4) is 0 Å². The van der Waals surface area contributed by atoms with Crippen molar-refractivity contribution in [2.24, 2.45) is 4.99 Å². The summed E-state index contributed by atoms with van der Waals surface area (Å²) >= 11 is 0. The maximum absolute atomic E-state index is 12.8. The largest absolute Gasteiger partial charge is 0.457 e. The van der Waals surface area contributed by atoms with Gasteiger partial charge in [-0.15, -0.1) is 0 Å². The number of nitrogens with zero attached hydrogens (tertiary/aromatic N) is 1. The maximum Gasteiger partial charge on any atom is 0.256 e. The van der Waals surface area contributed by atoms with E-state index in [1.807, 2.05) is 84.9 Å². The molecule has 0 heterocycles. The molecule has 0 radical (unpaired) electrons. The Bertz CT molecular complexity index is 994. The number of rotatable bonds is 5. The fourth-order valence-corrected chi connectivity index (χ4v) is 3.67. The lowest BCUT2D eigenvalue weighted by molar-refractivity contribution is 0.0977. The first-order valence-electron chi connectivity index (χ1n) is 10.6. The van der Waals surface area contributed by atoms with Gasteiger partial charge in [0.05, 0.1) is 6.04 Å². The highest BCUT2D eigenvalue weighted by atomic mass is 16.5. The van der Waals surface area contributed by atoms with Gasteiger partial charge in [-0.1, -0.05) is 67.8 Å². The fourth-order valence-electron chi connectivity index (χ4n) is 3.67. The monoisotopic (exact) mass is 398 g/mol. The Kier molecular flexibility index (Phi) is 6.55. The number of carbonyl (C=O) groups excluding carboxylic acids is 1. The van der Waals surface area contributed by atoms with Crippen LogP contribution in [0.1, 0.15) is 48.0 Å². The Morgan fingerprint density at radius 2 is 1.40 bits per heavy atom. The number of hydrogen-bond acceptors (Lipinski definition) is 3. The van der Waals surface area contributed by atoms with Crippen LogP contribution in [0.15, 0.2) is 89.9 Å². The molecule has 0 saturated heterocycles. The lowest BCUT2D eigenvalue weighted by atomic mass is 9.96. The Balaban J connectivity index is 1.61. The number of nitrogens with one attached hydrogen (secondary N) is 1. The molecule has 0 aliphatic heterocycles. The molecule has 152 valence electrons. The minimum Gasteiger partial charge on any atom is -0.457 e. The van der Waals surface area contributed by atoms with E-state index < -0.39 is 0 Å². The summed E-state index contributed by atoms with van der Waals surface area (Å²) in [6.45, 7) is 0. The number of benzene rings is 3. The maximum atomic E-state index is 12.8. The Hall–Kier alpha value is -3.40. The van der Waals surface area contributed by atoms with Crippen LogP contribution in [-0.4, -0.2) is 17.8 Å². The van der Waals surface area contributed by atoms with E-state index in [1.54, 1.807) is 0 Å². The van der Waals surface area contributed by atoms with Crippen LogP contribution in [-0.2, 0) is 0 Å². The first kappa shape index (κ1) is 19.9. The second kappa shape index (κ2) is 9.88. The van der Waals surface area contributed by atoms with Crippen molar-refractivity contribution in [3.05, 3.63) is 96.1 Å². The lowest BCUT2D eigenvalue weighted by Gasteiger charge is -2.20. The van der Waals surface area contributed by atoms with E-state index in [9.17, 15) is 4.79 Å². The van der Waals surface area contributed by atoms with Crippen molar-refractivity contribution in [1.29, 1.82) is 0 Å². The highest BCUT2D eigenvalue weighted by Gasteiger charge is 2.17. The molecule has 0 bridgehead atoms. The molecule has 0 aromatic heterocycles. The van der Waals surface area contributed by atoms with E-state index in [2.05, 4.69) is 5.32 Å². The molecular formula is C26H26N2O2. The lowest BCUT2D eigenvalue weighted by Crippen LogP contribution is -2.33. The molecule has 1 aliphatic rings. The van der Waals surface area contributed by atoms with E-state index in [1.165, 1.54) is 19.3 Å². The molecule has 1 fully saturated rings. The van der Waals surface area contributed by atoms with Crippen LogP contribution in [0, 0.1) is 0 Å². The second-order valence-corrected chi connectivity index (χ2v) is 7.53. The number of hydrogen-bond donors (Lipinski definition) is 1. The van der Waals surface area contributed by atoms with Crippen LogP contribution < -0.4 is 10.1 Å². The summed E-state index contributed by atoms with van der Waals surface area (Å²) in [5, 5.41) is 3.04. The van der Waals surface area contributed by atoms with E-state index in [4.69, 9.17) is 9.73 Å². The van der Waals surface area contributed by atoms with Crippen LogP contribution >= 0.6 is 0 Å². The molecular weight excluding hydrogens is 372 g/mol. The molecule has 1 aliphatic carbocycles. The summed E-state index contributed by atoms with van der Waals surface area (Å²) in [6, 6.07) is 26.9. The van der Waals surface area contributed by atoms with Gasteiger partial charge in [-0.25, -0.2) is 0 Å². The molecule has 30 heavy (non-hydrogen) atoms. The Morgan fingerprint density at radius 1 is 0.767 bits per heavy atom. The summed E-state index contributed by atoms with van der Waals surface area (Å²) in [7, 11) is 0. The zero-order valence-corrected chi connectivity index (χ0v) is 17.0. The van der Waals surface area contributed by atoms with Gasteiger partial charge < -0.3 is 10.1 Å². The topological polar surface area (TPSA) is 50.7 Å². The molecule has 3 aromatic carbocycles. The quantitative estimate of drug-likeness (QED) is 0.424. The molecule has 0 unspecified atom stereocenters. The van der Waals surface area contributed by atoms with Crippen molar-refractivity contribution >= 4 is 11.7 Å². The molecule has 0 spiro atoms. The zero-order chi connectivity index (χ0) is 20.6. The van der Waals surface area contributed by atoms with Gasteiger partial charge in [0.25, 0.3) is 5.91 Å². The Morgan fingerprint density at radius 3 is 2.13 bits per heavy atom. The number of aliphatic imine (C=N–C) groups is 1. The summed E-state index contributed by atoms with van der Waals surface area (Å²) in [6.07, 6.45) is 5.75. The molecule has 4 rings (SSSR count). The van der Waals surface area contributed by atoms with Crippen molar-refractivity contribution in [2.45, 2.75) is 38.1 Å². The molecule has 4 nitrogen and oxygen atoms in total. The zero-order valence-electron chi connectivity index (χ0n) is 17.0. The third kappa shape index (κ3) is 5.35. The van der Waals surface area contributed by atoms with Crippen molar-refractivity contribution < 1.29 is 9.53 Å². The number of para-hydroxylation sites is 1. The molecule has 1 N–H and O–H groups in total. The van der Waals surface area contributed by atoms with E-state index in [0.29, 0.717) is 17.1 Å². The summed E-state index contributed by atoms with van der Waals surface area (Å²) < 4.78 is 5.98. The highest BCUT2D eigenvalue weighted by Crippen LogP contribution is 2.24. The van der Waals surface area contributed by atoms with E-state index in [0.717, 1.165) is 24.2 Å².